The smallest absolute Gasteiger partial charge is 0.431 e. The van der Waals surface area contributed by atoms with Crippen molar-refractivity contribution in [2.45, 2.75) is 78.9 Å². The molecule has 1 aliphatic carbocycles. The standard InChI is InChI=1S/C28H37Cl2F3N4O4/c1-6-41-22(39)11-27(5)9-7-17(8-10-27)36-24(28(31,32)33)18(12-34)25(40)37(16-26(2,3)4)15-21(38)23-19(29)13-35-14-20(23)30/h12-14,17,34,36H,6-11,15-16H2,1-5H3/b24-18+,34-12?/t17-,27-. The van der Waals surface area contributed by atoms with Crippen LogP contribution in [0.15, 0.2) is 23.7 Å². The lowest BCUT2D eigenvalue weighted by molar-refractivity contribution is -0.146. The summed E-state index contributed by atoms with van der Waals surface area (Å²) in [6.45, 7) is 8.43. The Morgan fingerprint density at radius 2 is 1.73 bits per heavy atom. The number of rotatable bonds is 11. The molecular formula is C28H37Cl2F3N4O4. The number of nitrogens with one attached hydrogen (secondary N) is 2. The minimum Gasteiger partial charge on any atom is -0.466 e. The van der Waals surface area contributed by atoms with Crippen molar-refractivity contribution < 1.29 is 32.3 Å². The molecule has 0 spiro atoms. The van der Waals surface area contributed by atoms with E-state index in [9.17, 15) is 27.6 Å². The van der Waals surface area contributed by atoms with Crippen molar-refractivity contribution in [2.75, 3.05) is 19.7 Å². The second-order valence-corrected chi connectivity index (χ2v) is 12.6. The molecule has 0 unspecified atom stereocenters. The number of ketones is 1. The van der Waals surface area contributed by atoms with Crippen LogP contribution in [0.5, 0.6) is 0 Å². The molecule has 13 heteroatoms. The van der Waals surface area contributed by atoms with Gasteiger partial charge in [-0.25, -0.2) is 0 Å². The Balaban J connectivity index is 2.37. The van der Waals surface area contributed by atoms with Crippen LogP contribution in [0.4, 0.5) is 13.2 Å². The van der Waals surface area contributed by atoms with E-state index in [1.165, 1.54) is 12.4 Å². The van der Waals surface area contributed by atoms with Gasteiger partial charge in [0.2, 0.25) is 0 Å². The fraction of sp³-hybridized carbons (Fsp3) is 0.607. The average Bonchev–Trinajstić information content (AvgIpc) is 2.83. The van der Waals surface area contributed by atoms with Crippen LogP contribution in [-0.4, -0.2) is 65.7 Å². The molecule has 228 valence electrons. The number of alkyl halides is 3. The van der Waals surface area contributed by atoms with Crippen LogP contribution in [0.3, 0.4) is 0 Å². The third kappa shape index (κ3) is 9.99. The SMILES string of the molecule is CCOC(=O)C[C@]1(C)CC[C@@H](N/C(=C(\C=N)C(=O)N(CC(=O)c2c(Cl)cncc2Cl)CC(C)(C)C)C(F)(F)F)CC1. The van der Waals surface area contributed by atoms with Gasteiger partial charge in [-0.15, -0.1) is 0 Å². The second kappa shape index (κ2) is 14.0. The average molecular weight is 622 g/mol. The fourth-order valence-corrected chi connectivity index (χ4v) is 5.40. The van der Waals surface area contributed by atoms with E-state index in [0.717, 1.165) is 4.90 Å². The van der Waals surface area contributed by atoms with Crippen molar-refractivity contribution >= 4 is 47.1 Å². The van der Waals surface area contributed by atoms with Crippen LogP contribution in [0.25, 0.3) is 0 Å². The molecule has 1 saturated carbocycles. The van der Waals surface area contributed by atoms with Crippen LogP contribution < -0.4 is 5.32 Å². The van der Waals surface area contributed by atoms with Gasteiger partial charge in [-0.2, -0.15) is 13.2 Å². The van der Waals surface area contributed by atoms with Gasteiger partial charge >= 0.3 is 12.1 Å². The van der Waals surface area contributed by atoms with Crippen molar-refractivity contribution in [1.82, 2.24) is 15.2 Å². The number of hydrogen-bond donors (Lipinski definition) is 2. The highest BCUT2D eigenvalue weighted by Gasteiger charge is 2.42. The zero-order valence-corrected chi connectivity index (χ0v) is 25.4. The van der Waals surface area contributed by atoms with Crippen molar-refractivity contribution in [3.8, 4) is 0 Å². The van der Waals surface area contributed by atoms with Gasteiger partial charge in [-0.05, 0) is 43.4 Å². The van der Waals surface area contributed by atoms with Crippen LogP contribution in [-0.2, 0) is 14.3 Å². The molecule has 0 saturated heterocycles. The summed E-state index contributed by atoms with van der Waals surface area (Å²) in [6.07, 6.45) is -0.472. The quantitative estimate of drug-likeness (QED) is 0.128. The van der Waals surface area contributed by atoms with E-state index in [4.69, 9.17) is 33.3 Å². The number of Topliss-reactive ketones (excluding diaryl/α,β-unsaturated/α-hetero) is 1. The minimum absolute atomic E-state index is 0.0571. The molecule has 1 aromatic heterocycles. The zero-order chi connectivity index (χ0) is 31.2. The number of hydrogen-bond acceptors (Lipinski definition) is 7. The normalized spacial score (nSPS) is 20.1. The Kier molecular flexibility index (Phi) is 11.8. The van der Waals surface area contributed by atoms with E-state index in [-0.39, 0.29) is 41.2 Å². The van der Waals surface area contributed by atoms with Gasteiger partial charge in [0.15, 0.2) is 5.78 Å². The van der Waals surface area contributed by atoms with Crippen LogP contribution in [0.1, 0.15) is 77.1 Å². The fourth-order valence-electron chi connectivity index (χ4n) is 4.83. The molecule has 1 aliphatic rings. The predicted molar refractivity (Wildman–Crippen MR) is 151 cm³/mol. The topological polar surface area (TPSA) is 112 Å². The molecule has 41 heavy (non-hydrogen) atoms. The third-order valence-electron chi connectivity index (χ3n) is 6.76. The highest BCUT2D eigenvalue weighted by Crippen LogP contribution is 2.40. The Bertz CT molecular complexity index is 1150. The van der Waals surface area contributed by atoms with E-state index in [1.807, 2.05) is 6.92 Å². The first-order chi connectivity index (χ1) is 18.9. The zero-order valence-electron chi connectivity index (χ0n) is 23.9. The number of allylic oxidation sites excluding steroid dienone is 1. The maximum atomic E-state index is 14.4. The lowest BCUT2D eigenvalue weighted by atomic mass is 9.72. The number of esters is 1. The summed E-state index contributed by atoms with van der Waals surface area (Å²) in [5.74, 6) is -2.16. The monoisotopic (exact) mass is 620 g/mol. The lowest BCUT2D eigenvalue weighted by Gasteiger charge is -2.38. The van der Waals surface area contributed by atoms with Gasteiger partial charge in [0.05, 0.1) is 40.8 Å². The van der Waals surface area contributed by atoms with Gasteiger partial charge in [-0.3, -0.25) is 19.4 Å². The second-order valence-electron chi connectivity index (χ2n) is 11.8. The van der Waals surface area contributed by atoms with Crippen LogP contribution in [0, 0.1) is 16.2 Å². The van der Waals surface area contributed by atoms with E-state index in [1.54, 1.807) is 27.7 Å². The molecule has 0 bridgehead atoms. The molecule has 1 aromatic rings. The van der Waals surface area contributed by atoms with Crippen LogP contribution in [0.2, 0.25) is 10.0 Å². The van der Waals surface area contributed by atoms with Crippen LogP contribution >= 0.6 is 23.2 Å². The molecule has 2 N–H and O–H groups in total. The Labute approximate surface area is 248 Å². The number of amides is 1. The molecule has 0 radical (unpaired) electrons. The largest absolute Gasteiger partial charge is 0.466 e. The number of carbonyl (C=O) groups is 3. The first-order valence-electron chi connectivity index (χ1n) is 13.3. The first kappa shape index (κ1) is 34.5. The number of ether oxygens (including phenoxy) is 1. The molecule has 1 heterocycles. The number of halogens is 5. The van der Waals surface area contributed by atoms with Gasteiger partial charge in [0.25, 0.3) is 5.91 Å². The van der Waals surface area contributed by atoms with E-state index < -0.39 is 52.6 Å². The van der Waals surface area contributed by atoms with Gasteiger partial charge in [-0.1, -0.05) is 50.9 Å². The van der Waals surface area contributed by atoms with Gasteiger partial charge in [0.1, 0.15) is 5.70 Å². The number of pyridine rings is 1. The molecule has 1 amide bonds. The Morgan fingerprint density at radius 1 is 1.17 bits per heavy atom. The summed E-state index contributed by atoms with van der Waals surface area (Å²) in [5.41, 5.74) is -3.37. The van der Waals surface area contributed by atoms with Crippen molar-refractivity contribution in [3.63, 3.8) is 0 Å². The molecular weight excluding hydrogens is 584 g/mol. The molecule has 2 rings (SSSR count). The lowest BCUT2D eigenvalue weighted by Crippen LogP contribution is -2.45. The van der Waals surface area contributed by atoms with Crippen molar-refractivity contribution in [1.29, 1.82) is 5.41 Å². The highest BCUT2D eigenvalue weighted by atomic mass is 35.5. The summed E-state index contributed by atoms with van der Waals surface area (Å²) >= 11 is 12.2. The van der Waals surface area contributed by atoms with Crippen molar-refractivity contribution in [2.24, 2.45) is 10.8 Å². The van der Waals surface area contributed by atoms with E-state index in [0.29, 0.717) is 31.9 Å². The maximum absolute atomic E-state index is 14.4. The summed E-state index contributed by atoms with van der Waals surface area (Å²) in [4.78, 5) is 43.5. The molecule has 0 atom stereocenters. The summed E-state index contributed by atoms with van der Waals surface area (Å²) in [7, 11) is 0. The van der Waals surface area contributed by atoms with E-state index >= 15 is 0 Å². The highest BCUT2D eigenvalue weighted by molar-refractivity contribution is 6.39. The molecule has 0 aliphatic heterocycles. The Morgan fingerprint density at radius 3 is 2.20 bits per heavy atom. The molecule has 0 aromatic carbocycles. The maximum Gasteiger partial charge on any atom is 0.431 e. The predicted octanol–water partition coefficient (Wildman–Crippen LogP) is 6.40. The van der Waals surface area contributed by atoms with Gasteiger partial charge < -0.3 is 20.4 Å². The number of aromatic nitrogens is 1. The van der Waals surface area contributed by atoms with Gasteiger partial charge in [0, 0.05) is 31.2 Å². The third-order valence-corrected chi connectivity index (χ3v) is 7.34. The number of nitrogens with zero attached hydrogens (tertiary/aromatic N) is 2. The first-order valence-corrected chi connectivity index (χ1v) is 14.0. The molecule has 1 fully saturated rings. The summed E-state index contributed by atoms with van der Waals surface area (Å²) < 4.78 is 48.1. The molecule has 8 nitrogen and oxygen atoms in total. The minimum atomic E-state index is -4.98. The summed E-state index contributed by atoms with van der Waals surface area (Å²) in [6, 6.07) is -0.642. The number of carbonyl (C=O) groups excluding carboxylic acids is 3. The van der Waals surface area contributed by atoms with Crippen molar-refractivity contribution in [3.05, 3.63) is 39.3 Å². The Hall–Kier alpha value is -2.66. The summed E-state index contributed by atoms with van der Waals surface area (Å²) in [5, 5.41) is 10.1. The van der Waals surface area contributed by atoms with E-state index in [2.05, 4.69) is 10.3 Å².